The van der Waals surface area contributed by atoms with Gasteiger partial charge in [0.1, 0.15) is 11.4 Å². The first-order chi connectivity index (χ1) is 12.8. The molecule has 0 unspecified atom stereocenters. The van der Waals surface area contributed by atoms with Gasteiger partial charge < -0.3 is 11.5 Å². The molecule has 0 aliphatic heterocycles. The average molecular weight is 354 g/mol. The molecule has 8 nitrogen and oxygen atoms in total. The molecule has 0 saturated carbocycles. The minimum absolute atomic E-state index is 0.705. The molecule has 1 aromatic carbocycles. The van der Waals surface area contributed by atoms with E-state index in [0.717, 1.165) is 61.3 Å². The molecule has 0 aliphatic carbocycles. The van der Waals surface area contributed by atoms with Crippen LogP contribution in [0.2, 0.25) is 0 Å². The Morgan fingerprint density at radius 1 is 0.731 bits per heavy atom. The van der Waals surface area contributed by atoms with Crippen molar-refractivity contribution in [3.63, 3.8) is 0 Å². The smallest absolute Gasteiger partial charge is 0.113 e. The van der Waals surface area contributed by atoms with Gasteiger partial charge in [0.05, 0.1) is 12.4 Å². The van der Waals surface area contributed by atoms with E-state index in [0.29, 0.717) is 13.1 Å². The van der Waals surface area contributed by atoms with Gasteiger partial charge in [-0.25, -0.2) is 0 Å². The fourth-order valence-electron chi connectivity index (χ4n) is 2.75. The normalized spacial score (nSPS) is 11.2. The molecular weight excluding hydrogens is 328 g/mol. The molecule has 3 aromatic rings. The second kappa shape index (κ2) is 9.21. The molecule has 26 heavy (non-hydrogen) atoms. The summed E-state index contributed by atoms with van der Waals surface area (Å²) in [5, 5.41) is 17.0. The summed E-state index contributed by atoms with van der Waals surface area (Å²) in [4.78, 5) is 0. The van der Waals surface area contributed by atoms with Gasteiger partial charge in [-0.3, -0.25) is 9.36 Å². The van der Waals surface area contributed by atoms with Crippen LogP contribution in [0.15, 0.2) is 36.7 Å². The Balaban J connectivity index is 1.70. The van der Waals surface area contributed by atoms with Crippen molar-refractivity contribution in [2.45, 2.75) is 38.8 Å². The highest BCUT2D eigenvalue weighted by atomic mass is 15.4. The van der Waals surface area contributed by atoms with Crippen LogP contribution in [0.3, 0.4) is 0 Å². The van der Waals surface area contributed by atoms with Gasteiger partial charge in [-0.15, -0.1) is 10.2 Å². The lowest BCUT2D eigenvalue weighted by Crippen LogP contribution is -2.03. The maximum atomic E-state index is 5.53. The van der Waals surface area contributed by atoms with E-state index in [2.05, 4.69) is 26.7 Å². The van der Waals surface area contributed by atoms with Gasteiger partial charge >= 0.3 is 0 Å². The average Bonchev–Trinajstić information content (AvgIpc) is 3.32. The van der Waals surface area contributed by atoms with Gasteiger partial charge in [0.15, 0.2) is 0 Å². The highest BCUT2D eigenvalue weighted by Crippen LogP contribution is 2.23. The number of nitrogens with zero attached hydrogens (tertiary/aromatic N) is 6. The third-order valence-corrected chi connectivity index (χ3v) is 4.21. The molecule has 8 heteroatoms. The molecule has 3 rings (SSSR count). The molecule has 2 heterocycles. The third-order valence-electron chi connectivity index (χ3n) is 4.21. The molecular formula is C18H26N8. The molecule has 2 aromatic heterocycles. The zero-order valence-corrected chi connectivity index (χ0v) is 15.0. The summed E-state index contributed by atoms with van der Waals surface area (Å²) in [5.41, 5.74) is 14.8. The molecule has 0 radical (unpaired) electrons. The van der Waals surface area contributed by atoms with Gasteiger partial charge in [0.25, 0.3) is 0 Å². The van der Waals surface area contributed by atoms with Crippen LogP contribution in [0, 0.1) is 0 Å². The largest absolute Gasteiger partial charge is 0.330 e. The number of unbranched alkanes of at least 4 members (excludes halogenated alkanes) is 2. The van der Waals surface area contributed by atoms with Gasteiger partial charge in [-0.1, -0.05) is 28.6 Å². The van der Waals surface area contributed by atoms with Crippen LogP contribution in [0.4, 0.5) is 0 Å². The standard InChI is InChI=1S/C18H26N8/c19-8-1-3-10-25-13-17(21-23-25)15-6-5-7-16(12-15)18-14-26(24-22-18)11-4-2-9-20/h5-7,12-14H,1-4,8-11,19-20H2. The van der Waals surface area contributed by atoms with E-state index in [1.165, 1.54) is 0 Å². The maximum Gasteiger partial charge on any atom is 0.113 e. The lowest BCUT2D eigenvalue weighted by atomic mass is 10.1. The van der Waals surface area contributed by atoms with Crippen LogP contribution < -0.4 is 11.5 Å². The van der Waals surface area contributed by atoms with E-state index in [9.17, 15) is 0 Å². The van der Waals surface area contributed by atoms with E-state index in [1.54, 1.807) is 0 Å². The number of rotatable bonds is 10. The Hall–Kier alpha value is -2.58. The lowest BCUT2D eigenvalue weighted by Gasteiger charge is -2.00. The topological polar surface area (TPSA) is 113 Å². The van der Waals surface area contributed by atoms with Crippen molar-refractivity contribution in [2.75, 3.05) is 13.1 Å². The summed E-state index contributed by atoms with van der Waals surface area (Å²) in [6, 6.07) is 8.14. The first-order valence-corrected chi connectivity index (χ1v) is 9.11. The summed E-state index contributed by atoms with van der Waals surface area (Å²) in [5.74, 6) is 0. The van der Waals surface area contributed by atoms with Gasteiger partial charge in [-0.05, 0) is 44.8 Å². The SMILES string of the molecule is NCCCCn1cc(-c2cccc(-c3cn(CCCCN)nn3)c2)nn1. The minimum Gasteiger partial charge on any atom is -0.330 e. The second-order valence-corrected chi connectivity index (χ2v) is 6.31. The predicted octanol–water partition coefficient (Wildman–Crippen LogP) is 1.68. The van der Waals surface area contributed by atoms with Gasteiger partial charge in [-0.2, -0.15) is 0 Å². The molecule has 0 aliphatic rings. The summed E-state index contributed by atoms with van der Waals surface area (Å²) >= 11 is 0. The van der Waals surface area contributed by atoms with Crippen molar-refractivity contribution < 1.29 is 0 Å². The number of hydrogen-bond acceptors (Lipinski definition) is 6. The fourth-order valence-corrected chi connectivity index (χ4v) is 2.75. The number of benzene rings is 1. The number of nitrogens with two attached hydrogens (primary N) is 2. The Bertz CT molecular complexity index is 743. The van der Waals surface area contributed by atoms with Gasteiger partial charge in [0, 0.05) is 24.2 Å². The van der Waals surface area contributed by atoms with E-state index in [1.807, 2.05) is 40.0 Å². The van der Waals surface area contributed by atoms with Crippen LogP contribution in [-0.2, 0) is 13.1 Å². The Morgan fingerprint density at radius 2 is 1.23 bits per heavy atom. The van der Waals surface area contributed by atoms with Gasteiger partial charge in [0.2, 0.25) is 0 Å². The van der Waals surface area contributed by atoms with E-state index < -0.39 is 0 Å². The second-order valence-electron chi connectivity index (χ2n) is 6.31. The number of aryl methyl sites for hydroxylation is 2. The van der Waals surface area contributed by atoms with Crippen molar-refractivity contribution in [1.82, 2.24) is 30.0 Å². The van der Waals surface area contributed by atoms with Crippen molar-refractivity contribution in [2.24, 2.45) is 11.5 Å². The van der Waals surface area contributed by atoms with Crippen LogP contribution in [0.1, 0.15) is 25.7 Å². The van der Waals surface area contributed by atoms with E-state index in [4.69, 9.17) is 11.5 Å². The maximum absolute atomic E-state index is 5.53. The van der Waals surface area contributed by atoms with Crippen molar-refractivity contribution in [3.8, 4) is 22.5 Å². The van der Waals surface area contributed by atoms with E-state index >= 15 is 0 Å². The minimum atomic E-state index is 0.705. The zero-order valence-electron chi connectivity index (χ0n) is 15.0. The molecule has 0 bridgehead atoms. The summed E-state index contributed by atoms with van der Waals surface area (Å²) in [7, 11) is 0. The Morgan fingerprint density at radius 3 is 1.69 bits per heavy atom. The third kappa shape index (κ3) is 4.74. The van der Waals surface area contributed by atoms with Crippen molar-refractivity contribution in [1.29, 1.82) is 0 Å². The number of hydrogen-bond donors (Lipinski definition) is 2. The zero-order chi connectivity index (χ0) is 18.2. The summed E-state index contributed by atoms with van der Waals surface area (Å²) in [6.45, 7) is 3.08. The van der Waals surface area contributed by atoms with Crippen LogP contribution >= 0.6 is 0 Å². The highest BCUT2D eigenvalue weighted by Gasteiger charge is 2.08. The molecule has 0 fully saturated rings. The molecule has 0 amide bonds. The molecule has 0 spiro atoms. The fraction of sp³-hybridized carbons (Fsp3) is 0.444. The highest BCUT2D eigenvalue weighted by molar-refractivity contribution is 5.68. The number of aromatic nitrogens is 6. The first kappa shape index (κ1) is 18.2. The summed E-state index contributed by atoms with van der Waals surface area (Å²) < 4.78 is 3.73. The van der Waals surface area contributed by atoms with Crippen LogP contribution in [0.25, 0.3) is 22.5 Å². The quantitative estimate of drug-likeness (QED) is 0.536. The predicted molar refractivity (Wildman–Crippen MR) is 101 cm³/mol. The Kier molecular flexibility index (Phi) is 6.45. The van der Waals surface area contributed by atoms with Crippen molar-refractivity contribution >= 4 is 0 Å². The summed E-state index contributed by atoms with van der Waals surface area (Å²) in [6.07, 6.45) is 7.94. The monoisotopic (exact) mass is 354 g/mol. The molecule has 4 N–H and O–H groups in total. The van der Waals surface area contributed by atoms with Crippen molar-refractivity contribution in [3.05, 3.63) is 36.7 Å². The van der Waals surface area contributed by atoms with Crippen LogP contribution in [0.5, 0.6) is 0 Å². The Labute approximate surface area is 153 Å². The van der Waals surface area contributed by atoms with Crippen LogP contribution in [-0.4, -0.2) is 43.1 Å². The molecule has 0 saturated heterocycles. The molecule has 138 valence electrons. The molecule has 0 atom stereocenters. The first-order valence-electron chi connectivity index (χ1n) is 9.11. The lowest BCUT2D eigenvalue weighted by molar-refractivity contribution is 0.544. The van der Waals surface area contributed by atoms with E-state index in [-0.39, 0.29) is 0 Å².